The molecule has 0 aromatic carbocycles. The average Bonchev–Trinajstić information content (AvgIpc) is 2.51. The summed E-state index contributed by atoms with van der Waals surface area (Å²) >= 11 is 0. The van der Waals surface area contributed by atoms with Crippen LogP contribution in [0.15, 0.2) is 12.4 Å². The van der Waals surface area contributed by atoms with Gasteiger partial charge in [0, 0.05) is 4.57 Å². The van der Waals surface area contributed by atoms with Gasteiger partial charge in [0.25, 0.3) is 0 Å². The van der Waals surface area contributed by atoms with Crippen LogP contribution in [0.2, 0.25) is 0 Å². The number of nitrogens with one attached hydrogen (secondary N) is 1. The van der Waals surface area contributed by atoms with Crippen molar-refractivity contribution in [3.8, 4) is 0 Å². The topological polar surface area (TPSA) is 99.1 Å². The largest absolute Gasteiger partial charge is 0.692 e. The number of alkyl halides is 1. The van der Waals surface area contributed by atoms with Crippen LogP contribution in [0.25, 0.3) is 6.08 Å². The first-order chi connectivity index (χ1) is 6.16. The molecule has 1 aromatic rings. The summed E-state index contributed by atoms with van der Waals surface area (Å²) in [5.74, 6) is 0.577. The third-order valence-corrected chi connectivity index (χ3v) is 0.798. The molecule has 3 N–H and O–H groups in total. The average molecular weight is 208 g/mol. The standard InChI is InChI=1S/C5H6FN3.HO3P/c6-3-1-2-5-7-4-8-9-5;1-4(2)3/h1-2,4H,3H2,(H,7,8,9);(H-,1,2,3)/p+1. The third-order valence-electron chi connectivity index (χ3n) is 0.798. The Bertz CT molecular complexity index is 260. The molecule has 1 heterocycles. The van der Waals surface area contributed by atoms with Gasteiger partial charge in [-0.2, -0.15) is 5.10 Å². The van der Waals surface area contributed by atoms with Crippen LogP contribution in [0.1, 0.15) is 5.82 Å². The fourth-order valence-corrected chi connectivity index (χ4v) is 0.451. The van der Waals surface area contributed by atoms with E-state index in [9.17, 15) is 4.39 Å². The van der Waals surface area contributed by atoms with Crippen molar-refractivity contribution in [2.45, 2.75) is 0 Å². The van der Waals surface area contributed by atoms with Gasteiger partial charge in [-0.3, -0.25) is 5.10 Å². The number of allylic oxidation sites excluding steroid dienone is 1. The highest BCUT2D eigenvalue weighted by Gasteiger charge is 1.93. The van der Waals surface area contributed by atoms with Crippen molar-refractivity contribution in [2.24, 2.45) is 0 Å². The number of H-pyrrole nitrogens is 1. The molecule has 0 saturated carbocycles. The maximum absolute atomic E-state index is 11.4. The zero-order valence-corrected chi connectivity index (χ0v) is 7.36. The summed E-state index contributed by atoms with van der Waals surface area (Å²) in [6.07, 6.45) is 4.27. The molecule has 13 heavy (non-hydrogen) atoms. The maximum Gasteiger partial charge on any atom is 0.692 e. The molecule has 0 aliphatic heterocycles. The number of rotatable bonds is 2. The molecule has 0 unspecified atom stereocenters. The zero-order chi connectivity index (χ0) is 10.1. The number of hydrogen-bond acceptors (Lipinski definition) is 3. The molecule has 72 valence electrons. The fraction of sp³-hybridized carbons (Fsp3) is 0.200. The minimum absolute atomic E-state index is 0.472. The Hall–Kier alpha value is -1.17. The van der Waals surface area contributed by atoms with Crippen LogP contribution in [0.4, 0.5) is 4.39 Å². The maximum atomic E-state index is 11.4. The van der Waals surface area contributed by atoms with Crippen molar-refractivity contribution in [1.29, 1.82) is 0 Å². The molecule has 0 aliphatic carbocycles. The van der Waals surface area contributed by atoms with Gasteiger partial charge in [-0.1, -0.05) is 6.08 Å². The lowest BCUT2D eigenvalue weighted by Crippen LogP contribution is -1.73. The predicted octanol–water partition coefficient (Wildman–Crippen LogP) is 0.416. The van der Waals surface area contributed by atoms with Gasteiger partial charge in [0.15, 0.2) is 0 Å². The van der Waals surface area contributed by atoms with Gasteiger partial charge in [0.2, 0.25) is 0 Å². The predicted molar refractivity (Wildman–Crippen MR) is 43.4 cm³/mol. The van der Waals surface area contributed by atoms with Gasteiger partial charge in [0.05, 0.1) is 0 Å². The van der Waals surface area contributed by atoms with Gasteiger partial charge in [0.1, 0.15) is 18.8 Å². The molecule has 0 amide bonds. The molecule has 6 nitrogen and oxygen atoms in total. The summed E-state index contributed by atoms with van der Waals surface area (Å²) in [6, 6.07) is 0. The minimum atomic E-state index is -2.87. The van der Waals surface area contributed by atoms with Gasteiger partial charge < -0.3 is 0 Å². The molecule has 0 aliphatic rings. The molecular weight excluding hydrogens is 200 g/mol. The molecule has 0 bridgehead atoms. The number of hydrogen-bond donors (Lipinski definition) is 3. The normalized spacial score (nSPS) is 9.46. The summed E-state index contributed by atoms with van der Waals surface area (Å²) in [6.45, 7) is -0.472. The Kier molecular flexibility index (Phi) is 6.80. The molecule has 1 rings (SSSR count). The smallest absolute Gasteiger partial charge is 0.260 e. The van der Waals surface area contributed by atoms with E-state index in [4.69, 9.17) is 14.4 Å². The van der Waals surface area contributed by atoms with E-state index in [0.29, 0.717) is 5.82 Å². The Balaban J connectivity index is 0.000000310. The molecule has 0 radical (unpaired) electrons. The lowest BCUT2D eigenvalue weighted by Gasteiger charge is -1.76. The highest BCUT2D eigenvalue weighted by Crippen LogP contribution is 1.98. The summed E-state index contributed by atoms with van der Waals surface area (Å²) in [4.78, 5) is 18.0. The van der Waals surface area contributed by atoms with Crippen LogP contribution < -0.4 is 0 Å². The van der Waals surface area contributed by atoms with E-state index in [1.807, 2.05) is 0 Å². The first-order valence-electron chi connectivity index (χ1n) is 3.09. The first-order valence-corrected chi connectivity index (χ1v) is 4.26. The van der Waals surface area contributed by atoms with Crippen LogP contribution in [0, 0.1) is 0 Å². The van der Waals surface area contributed by atoms with Crippen LogP contribution in [0.3, 0.4) is 0 Å². The Morgan fingerprint density at radius 1 is 1.69 bits per heavy atom. The zero-order valence-electron chi connectivity index (χ0n) is 6.46. The number of aromatic nitrogens is 3. The quantitative estimate of drug-likeness (QED) is 0.611. The van der Waals surface area contributed by atoms with E-state index in [-0.39, 0.29) is 0 Å². The Morgan fingerprint density at radius 2 is 2.31 bits per heavy atom. The summed E-state index contributed by atoms with van der Waals surface area (Å²) in [7, 11) is -2.87. The lowest BCUT2D eigenvalue weighted by atomic mass is 10.5. The lowest BCUT2D eigenvalue weighted by molar-refractivity contribution is 0.405. The van der Waals surface area contributed by atoms with Gasteiger partial charge in [-0.15, -0.1) is 9.79 Å². The Labute approximate surface area is 74.1 Å². The van der Waals surface area contributed by atoms with Crippen LogP contribution in [-0.2, 0) is 4.57 Å². The van der Waals surface area contributed by atoms with E-state index < -0.39 is 14.9 Å². The summed E-state index contributed by atoms with van der Waals surface area (Å²) < 4.78 is 20.1. The molecular formula is C5H8FN3O3P+. The molecule has 0 saturated heterocycles. The number of aromatic amines is 1. The first kappa shape index (κ1) is 11.8. The summed E-state index contributed by atoms with van der Waals surface area (Å²) in [5, 5.41) is 6.12. The van der Waals surface area contributed by atoms with Crippen molar-refractivity contribution in [3.63, 3.8) is 0 Å². The molecule has 1 aromatic heterocycles. The van der Waals surface area contributed by atoms with Crippen molar-refractivity contribution < 1.29 is 18.7 Å². The van der Waals surface area contributed by atoms with Crippen LogP contribution >= 0.6 is 8.25 Å². The van der Waals surface area contributed by atoms with Gasteiger partial charge >= 0.3 is 8.25 Å². The number of halogens is 1. The SMILES string of the molecule is FCC=Cc1ncn[nH]1.O=[P+](O)O. The molecule has 8 heteroatoms. The second-order valence-corrected chi connectivity index (χ2v) is 2.19. The second-order valence-electron chi connectivity index (χ2n) is 1.68. The van der Waals surface area contributed by atoms with Crippen LogP contribution in [0.5, 0.6) is 0 Å². The Morgan fingerprint density at radius 3 is 2.69 bits per heavy atom. The third kappa shape index (κ3) is 8.74. The van der Waals surface area contributed by atoms with Crippen molar-refractivity contribution >= 4 is 14.3 Å². The van der Waals surface area contributed by atoms with Crippen molar-refractivity contribution in [2.75, 3.05) is 6.67 Å². The van der Waals surface area contributed by atoms with E-state index in [1.54, 1.807) is 0 Å². The monoisotopic (exact) mass is 208 g/mol. The molecule has 0 spiro atoms. The van der Waals surface area contributed by atoms with Gasteiger partial charge in [-0.05, 0) is 6.08 Å². The van der Waals surface area contributed by atoms with Crippen molar-refractivity contribution in [3.05, 3.63) is 18.2 Å². The van der Waals surface area contributed by atoms with Gasteiger partial charge in [-0.25, -0.2) is 9.37 Å². The molecule has 0 atom stereocenters. The van der Waals surface area contributed by atoms with E-state index in [0.717, 1.165) is 0 Å². The van der Waals surface area contributed by atoms with Crippen molar-refractivity contribution in [1.82, 2.24) is 15.2 Å². The minimum Gasteiger partial charge on any atom is -0.260 e. The fourth-order valence-electron chi connectivity index (χ4n) is 0.451. The van der Waals surface area contributed by atoms with Crippen LogP contribution in [-0.4, -0.2) is 31.6 Å². The highest BCUT2D eigenvalue weighted by atomic mass is 31.1. The van der Waals surface area contributed by atoms with E-state index in [2.05, 4.69) is 15.2 Å². The molecule has 0 fully saturated rings. The number of nitrogens with zero attached hydrogens (tertiary/aromatic N) is 2. The summed E-state index contributed by atoms with van der Waals surface area (Å²) in [5.41, 5.74) is 0. The van der Waals surface area contributed by atoms with E-state index >= 15 is 0 Å². The van der Waals surface area contributed by atoms with E-state index in [1.165, 1.54) is 18.5 Å². The highest BCUT2D eigenvalue weighted by molar-refractivity contribution is 7.30. The second kappa shape index (κ2) is 7.48.